The van der Waals surface area contributed by atoms with Crippen LogP contribution in [0.4, 0.5) is 0 Å². The van der Waals surface area contributed by atoms with Crippen molar-refractivity contribution < 1.29 is 14.3 Å². The molecular formula is C26H23N3O3. The van der Waals surface area contributed by atoms with Gasteiger partial charge in [0.05, 0.1) is 24.9 Å². The Morgan fingerprint density at radius 1 is 1.12 bits per heavy atom. The number of aryl methyl sites for hydroxylation is 1. The Labute approximate surface area is 185 Å². The molecule has 2 aromatic carbocycles. The Morgan fingerprint density at radius 2 is 1.94 bits per heavy atom. The molecule has 1 N–H and O–H groups in total. The summed E-state index contributed by atoms with van der Waals surface area (Å²) in [5, 5.41) is 3.93. The van der Waals surface area contributed by atoms with Gasteiger partial charge in [0.1, 0.15) is 12.3 Å². The number of amides is 1. The first-order valence-electron chi connectivity index (χ1n) is 10.6. The summed E-state index contributed by atoms with van der Waals surface area (Å²) in [5.74, 6) is 0.502. The van der Waals surface area contributed by atoms with E-state index >= 15 is 0 Å². The molecule has 1 amide bonds. The number of aromatic nitrogens is 2. The van der Waals surface area contributed by atoms with Crippen LogP contribution in [0.15, 0.2) is 73.2 Å². The maximum Gasteiger partial charge on any atom is 0.240 e. The molecule has 0 fully saturated rings. The Hall–Kier alpha value is -3.93. The second-order valence-corrected chi connectivity index (χ2v) is 7.98. The topological polar surface area (TPSA) is 73.2 Å². The molecule has 6 heteroatoms. The Morgan fingerprint density at radius 3 is 2.75 bits per heavy atom. The number of carbonyl (C=O) groups is 2. The smallest absolute Gasteiger partial charge is 0.240 e. The number of rotatable bonds is 6. The van der Waals surface area contributed by atoms with Gasteiger partial charge in [-0.3, -0.25) is 14.6 Å². The molecule has 5 rings (SSSR count). The standard InChI is InChI=1S/C26H23N3O3/c1-32-19-9-6-18(7-10-19)26(31)22-15-29(24-14-27-13-12-21(22)24)16-25(30)28-23-11-8-17-4-2-3-5-20(17)23/h2-7,9-10,12-15,23H,8,11,16H2,1H3,(H,28,30)/t23-/m0/s1. The largest absolute Gasteiger partial charge is 0.497 e. The number of carbonyl (C=O) groups excluding carboxylic acids is 2. The van der Waals surface area contributed by atoms with Crippen LogP contribution in [-0.2, 0) is 17.8 Å². The van der Waals surface area contributed by atoms with Crippen LogP contribution in [0, 0.1) is 0 Å². The molecule has 0 saturated carbocycles. The maximum atomic E-state index is 13.2. The van der Waals surface area contributed by atoms with Crippen LogP contribution < -0.4 is 10.1 Å². The molecule has 1 aliphatic carbocycles. The summed E-state index contributed by atoms with van der Waals surface area (Å²) in [6, 6.07) is 17.1. The molecule has 1 aliphatic rings. The van der Waals surface area contributed by atoms with Gasteiger partial charge >= 0.3 is 0 Å². The van der Waals surface area contributed by atoms with Gasteiger partial charge in [-0.15, -0.1) is 0 Å². The lowest BCUT2D eigenvalue weighted by atomic mass is 10.0. The van der Waals surface area contributed by atoms with E-state index in [-0.39, 0.29) is 24.3 Å². The lowest BCUT2D eigenvalue weighted by Crippen LogP contribution is -2.30. The SMILES string of the molecule is COc1ccc(C(=O)c2cn(CC(=O)N[C@H]3CCc4ccccc43)c3cnccc23)cc1. The fourth-order valence-corrected chi connectivity index (χ4v) is 4.45. The highest BCUT2D eigenvalue weighted by Gasteiger charge is 2.24. The van der Waals surface area contributed by atoms with Gasteiger partial charge in [0.15, 0.2) is 5.78 Å². The van der Waals surface area contributed by atoms with Crippen LogP contribution >= 0.6 is 0 Å². The first-order chi connectivity index (χ1) is 15.6. The maximum absolute atomic E-state index is 13.2. The third-order valence-corrected chi connectivity index (χ3v) is 6.06. The van der Waals surface area contributed by atoms with Gasteiger partial charge in [0.25, 0.3) is 0 Å². The summed E-state index contributed by atoms with van der Waals surface area (Å²) < 4.78 is 6.98. The molecule has 2 heterocycles. The first-order valence-corrected chi connectivity index (χ1v) is 10.6. The van der Waals surface area contributed by atoms with E-state index in [0.717, 1.165) is 23.7 Å². The summed E-state index contributed by atoms with van der Waals surface area (Å²) in [7, 11) is 1.59. The number of nitrogens with zero attached hydrogens (tertiary/aromatic N) is 2. The van der Waals surface area contributed by atoms with Gasteiger partial charge in [0.2, 0.25) is 5.91 Å². The third-order valence-electron chi connectivity index (χ3n) is 6.06. The first kappa shape index (κ1) is 20.0. The van der Waals surface area contributed by atoms with E-state index in [4.69, 9.17) is 4.74 Å². The van der Waals surface area contributed by atoms with Crippen molar-refractivity contribution in [2.24, 2.45) is 0 Å². The van der Waals surface area contributed by atoms with Gasteiger partial charge in [-0.25, -0.2) is 0 Å². The van der Waals surface area contributed by atoms with Crippen molar-refractivity contribution in [1.29, 1.82) is 0 Å². The number of ether oxygens (including phenoxy) is 1. The van der Waals surface area contributed by atoms with Crippen molar-refractivity contribution in [2.45, 2.75) is 25.4 Å². The third kappa shape index (κ3) is 3.64. The van der Waals surface area contributed by atoms with Crippen LogP contribution in [0.2, 0.25) is 0 Å². The minimum Gasteiger partial charge on any atom is -0.497 e. The van der Waals surface area contributed by atoms with E-state index in [2.05, 4.69) is 22.4 Å². The quantitative estimate of drug-likeness (QED) is 0.473. The lowest BCUT2D eigenvalue weighted by Gasteiger charge is -2.14. The van der Waals surface area contributed by atoms with Crippen LogP contribution in [0.5, 0.6) is 5.75 Å². The molecule has 0 saturated heterocycles. The average molecular weight is 425 g/mol. The number of methoxy groups -OCH3 is 1. The van der Waals surface area contributed by atoms with Crippen molar-refractivity contribution in [3.8, 4) is 5.75 Å². The van der Waals surface area contributed by atoms with Crippen LogP contribution in [0.25, 0.3) is 10.9 Å². The lowest BCUT2D eigenvalue weighted by molar-refractivity contribution is -0.122. The molecule has 4 aromatic rings. The molecule has 6 nitrogen and oxygen atoms in total. The molecular weight excluding hydrogens is 402 g/mol. The number of fused-ring (bicyclic) bond motifs is 2. The van der Waals surface area contributed by atoms with Gasteiger partial charge in [-0.05, 0) is 54.3 Å². The Kier molecular flexibility index (Phi) is 5.19. The number of nitrogens with one attached hydrogen (secondary N) is 1. The van der Waals surface area contributed by atoms with Crippen molar-refractivity contribution in [3.05, 3.63) is 95.4 Å². The Bertz CT molecular complexity index is 1310. The predicted octanol–water partition coefficient (Wildman–Crippen LogP) is 4.08. The fourth-order valence-electron chi connectivity index (χ4n) is 4.45. The zero-order chi connectivity index (χ0) is 22.1. The van der Waals surface area contributed by atoms with Crippen molar-refractivity contribution >= 4 is 22.6 Å². The summed E-state index contributed by atoms with van der Waals surface area (Å²) in [6.45, 7) is 0.122. The molecule has 0 bridgehead atoms. The molecule has 0 aliphatic heterocycles. The van der Waals surface area contributed by atoms with E-state index in [1.165, 1.54) is 11.1 Å². The number of hydrogen-bond donors (Lipinski definition) is 1. The molecule has 32 heavy (non-hydrogen) atoms. The summed E-state index contributed by atoms with van der Waals surface area (Å²) in [5.41, 5.74) is 4.35. The van der Waals surface area contributed by atoms with E-state index in [1.54, 1.807) is 54.5 Å². The van der Waals surface area contributed by atoms with Crippen LogP contribution in [0.1, 0.15) is 39.5 Å². The van der Waals surface area contributed by atoms with Crippen molar-refractivity contribution in [3.63, 3.8) is 0 Å². The van der Waals surface area contributed by atoms with Crippen molar-refractivity contribution in [1.82, 2.24) is 14.9 Å². The number of pyridine rings is 1. The van der Waals surface area contributed by atoms with Gasteiger partial charge in [0, 0.05) is 28.9 Å². The molecule has 1 atom stereocenters. The zero-order valence-corrected chi connectivity index (χ0v) is 17.7. The number of ketones is 1. The van der Waals surface area contributed by atoms with E-state index < -0.39 is 0 Å². The highest BCUT2D eigenvalue weighted by atomic mass is 16.5. The van der Waals surface area contributed by atoms with E-state index in [0.29, 0.717) is 16.9 Å². The average Bonchev–Trinajstić information content (AvgIpc) is 3.40. The molecule has 0 radical (unpaired) electrons. The second kappa shape index (κ2) is 8.30. The highest BCUT2D eigenvalue weighted by molar-refractivity contribution is 6.16. The predicted molar refractivity (Wildman–Crippen MR) is 122 cm³/mol. The Balaban J connectivity index is 1.40. The fraction of sp³-hybridized carbons (Fsp3) is 0.192. The van der Waals surface area contributed by atoms with E-state index in [9.17, 15) is 9.59 Å². The second-order valence-electron chi connectivity index (χ2n) is 7.98. The normalized spacial score (nSPS) is 14.8. The van der Waals surface area contributed by atoms with Crippen LogP contribution in [0.3, 0.4) is 0 Å². The molecule has 0 unspecified atom stereocenters. The molecule has 2 aromatic heterocycles. The van der Waals surface area contributed by atoms with Gasteiger partial charge in [-0.2, -0.15) is 0 Å². The molecule has 0 spiro atoms. The summed E-state index contributed by atoms with van der Waals surface area (Å²) >= 11 is 0. The highest BCUT2D eigenvalue weighted by Crippen LogP contribution is 2.31. The monoisotopic (exact) mass is 425 g/mol. The van der Waals surface area contributed by atoms with Crippen molar-refractivity contribution in [2.75, 3.05) is 7.11 Å². The molecule has 160 valence electrons. The minimum absolute atomic E-state index is 0.0269. The summed E-state index contributed by atoms with van der Waals surface area (Å²) in [6.07, 6.45) is 6.98. The summed E-state index contributed by atoms with van der Waals surface area (Å²) in [4.78, 5) is 30.3. The minimum atomic E-state index is -0.104. The van der Waals surface area contributed by atoms with Crippen LogP contribution in [-0.4, -0.2) is 28.4 Å². The van der Waals surface area contributed by atoms with Gasteiger partial charge in [-0.1, -0.05) is 24.3 Å². The number of hydrogen-bond acceptors (Lipinski definition) is 4. The van der Waals surface area contributed by atoms with Gasteiger partial charge < -0.3 is 14.6 Å². The zero-order valence-electron chi connectivity index (χ0n) is 17.7. The number of benzene rings is 2. The van der Waals surface area contributed by atoms with E-state index in [1.807, 2.05) is 18.2 Å².